The summed E-state index contributed by atoms with van der Waals surface area (Å²) in [5.41, 5.74) is 9.21. The van der Waals surface area contributed by atoms with Crippen LogP contribution in [0.3, 0.4) is 0 Å². The number of benzene rings is 1. The zero-order chi connectivity index (χ0) is 12.5. The fourth-order valence-electron chi connectivity index (χ4n) is 1.76. The van der Waals surface area contributed by atoms with Gasteiger partial charge in [-0.1, -0.05) is 45.0 Å². The Bertz CT molecular complexity index is 524. The van der Waals surface area contributed by atoms with Crippen LogP contribution >= 0.6 is 0 Å². The van der Waals surface area contributed by atoms with Gasteiger partial charge in [0.05, 0.1) is 5.69 Å². The molecule has 1 heterocycles. The molecule has 0 radical (unpaired) electrons. The Labute approximate surface area is 103 Å². The highest BCUT2D eigenvalue weighted by molar-refractivity contribution is 5.62. The largest absolute Gasteiger partial charge is 0.384 e. The van der Waals surface area contributed by atoms with Crippen molar-refractivity contribution in [1.29, 1.82) is 0 Å². The van der Waals surface area contributed by atoms with E-state index in [9.17, 15) is 0 Å². The number of nitrogens with two attached hydrogens (primary N) is 1. The number of rotatable bonds is 1. The molecule has 2 aromatic rings. The van der Waals surface area contributed by atoms with Gasteiger partial charge in [0.2, 0.25) is 0 Å². The summed E-state index contributed by atoms with van der Waals surface area (Å²) in [4.78, 5) is 4.34. The lowest BCUT2D eigenvalue weighted by atomic mass is 9.86. The van der Waals surface area contributed by atoms with Gasteiger partial charge in [0, 0.05) is 5.56 Å². The zero-order valence-electron chi connectivity index (χ0n) is 10.6. The first-order valence-corrected chi connectivity index (χ1v) is 5.80. The quantitative estimate of drug-likeness (QED) is 0.806. The fraction of sp³-hybridized carbons (Fsp3) is 0.267. The summed E-state index contributed by atoms with van der Waals surface area (Å²) in [6.07, 6.45) is 0. The van der Waals surface area contributed by atoms with Crippen molar-refractivity contribution in [3.63, 3.8) is 0 Å². The second-order valence-electron chi connectivity index (χ2n) is 5.28. The van der Waals surface area contributed by atoms with Crippen LogP contribution in [0.4, 0.5) is 5.82 Å². The van der Waals surface area contributed by atoms with E-state index in [0.29, 0.717) is 5.82 Å². The second-order valence-corrected chi connectivity index (χ2v) is 5.28. The molecule has 2 rings (SSSR count). The Morgan fingerprint density at radius 1 is 1.00 bits per heavy atom. The summed E-state index contributed by atoms with van der Waals surface area (Å²) < 4.78 is 0. The maximum atomic E-state index is 5.71. The SMILES string of the molecule is CC(C)(C)c1cccc(-c2cccc(N)n2)c1. The molecule has 0 amide bonds. The molecule has 2 heteroatoms. The maximum Gasteiger partial charge on any atom is 0.124 e. The van der Waals surface area contributed by atoms with Crippen LogP contribution in [0.15, 0.2) is 42.5 Å². The van der Waals surface area contributed by atoms with E-state index in [1.165, 1.54) is 5.56 Å². The lowest BCUT2D eigenvalue weighted by molar-refractivity contribution is 0.590. The molecule has 2 nitrogen and oxygen atoms in total. The molecule has 0 bridgehead atoms. The van der Waals surface area contributed by atoms with Crippen LogP contribution in [0.1, 0.15) is 26.3 Å². The van der Waals surface area contributed by atoms with Crippen molar-refractivity contribution in [3.05, 3.63) is 48.0 Å². The van der Waals surface area contributed by atoms with E-state index in [1.807, 2.05) is 12.1 Å². The molecule has 0 saturated carbocycles. The normalized spacial score (nSPS) is 11.5. The summed E-state index contributed by atoms with van der Waals surface area (Å²) in [5.74, 6) is 0.559. The number of aromatic nitrogens is 1. The minimum absolute atomic E-state index is 0.149. The van der Waals surface area contributed by atoms with E-state index in [2.05, 4.69) is 50.0 Å². The molecule has 0 unspecified atom stereocenters. The zero-order valence-corrected chi connectivity index (χ0v) is 10.6. The van der Waals surface area contributed by atoms with E-state index in [1.54, 1.807) is 6.07 Å². The topological polar surface area (TPSA) is 38.9 Å². The van der Waals surface area contributed by atoms with E-state index in [4.69, 9.17) is 5.73 Å². The Hall–Kier alpha value is -1.83. The molecular weight excluding hydrogens is 208 g/mol. The Morgan fingerprint density at radius 2 is 1.71 bits per heavy atom. The second kappa shape index (κ2) is 4.21. The third-order valence-electron chi connectivity index (χ3n) is 2.79. The minimum Gasteiger partial charge on any atom is -0.384 e. The molecule has 0 aliphatic carbocycles. The van der Waals surface area contributed by atoms with Gasteiger partial charge in [-0.2, -0.15) is 0 Å². The van der Waals surface area contributed by atoms with Crippen molar-refractivity contribution < 1.29 is 0 Å². The molecule has 1 aromatic carbocycles. The van der Waals surface area contributed by atoms with Crippen LogP contribution in [-0.4, -0.2) is 4.98 Å². The Morgan fingerprint density at radius 3 is 2.35 bits per heavy atom. The molecule has 0 atom stereocenters. The van der Waals surface area contributed by atoms with Gasteiger partial charge in [0.15, 0.2) is 0 Å². The summed E-state index contributed by atoms with van der Waals surface area (Å²) in [6.45, 7) is 6.62. The number of pyridine rings is 1. The molecule has 1 aromatic heterocycles. The van der Waals surface area contributed by atoms with Gasteiger partial charge in [0.25, 0.3) is 0 Å². The number of nitrogens with zero attached hydrogens (tertiary/aromatic N) is 1. The molecule has 0 fully saturated rings. The molecule has 17 heavy (non-hydrogen) atoms. The highest BCUT2D eigenvalue weighted by Gasteiger charge is 2.14. The molecule has 2 N–H and O–H groups in total. The van der Waals surface area contributed by atoms with Crippen LogP contribution in [0.5, 0.6) is 0 Å². The van der Waals surface area contributed by atoms with Crippen LogP contribution in [0.25, 0.3) is 11.3 Å². The minimum atomic E-state index is 0.149. The van der Waals surface area contributed by atoms with Gasteiger partial charge >= 0.3 is 0 Å². The molecule has 0 spiro atoms. The first kappa shape index (κ1) is 11.6. The van der Waals surface area contributed by atoms with Crippen molar-refractivity contribution in [3.8, 4) is 11.3 Å². The first-order valence-electron chi connectivity index (χ1n) is 5.80. The molecule has 88 valence electrons. The van der Waals surface area contributed by atoms with Gasteiger partial charge in [-0.05, 0) is 29.2 Å². The smallest absolute Gasteiger partial charge is 0.124 e. The van der Waals surface area contributed by atoms with Gasteiger partial charge in [-0.15, -0.1) is 0 Å². The molecular formula is C15H18N2. The highest BCUT2D eigenvalue weighted by Crippen LogP contribution is 2.26. The predicted molar refractivity (Wildman–Crippen MR) is 72.8 cm³/mol. The first-order chi connectivity index (χ1) is 7.97. The van der Waals surface area contributed by atoms with E-state index < -0.39 is 0 Å². The molecule has 0 aliphatic heterocycles. The monoisotopic (exact) mass is 226 g/mol. The van der Waals surface area contributed by atoms with Gasteiger partial charge in [-0.25, -0.2) is 4.98 Å². The fourth-order valence-corrected chi connectivity index (χ4v) is 1.76. The van der Waals surface area contributed by atoms with E-state index in [-0.39, 0.29) is 5.41 Å². The predicted octanol–water partition coefficient (Wildman–Crippen LogP) is 3.63. The van der Waals surface area contributed by atoms with Crippen molar-refractivity contribution >= 4 is 5.82 Å². The van der Waals surface area contributed by atoms with E-state index in [0.717, 1.165) is 11.3 Å². The Balaban J connectivity index is 2.47. The summed E-state index contributed by atoms with van der Waals surface area (Å²) >= 11 is 0. The van der Waals surface area contributed by atoms with Crippen molar-refractivity contribution in [1.82, 2.24) is 4.98 Å². The summed E-state index contributed by atoms with van der Waals surface area (Å²) in [7, 11) is 0. The summed E-state index contributed by atoms with van der Waals surface area (Å²) in [6, 6.07) is 14.2. The third-order valence-corrected chi connectivity index (χ3v) is 2.79. The van der Waals surface area contributed by atoms with Crippen molar-refractivity contribution in [2.24, 2.45) is 0 Å². The van der Waals surface area contributed by atoms with Gasteiger partial charge in [0.1, 0.15) is 5.82 Å². The van der Waals surface area contributed by atoms with Crippen LogP contribution in [0, 0.1) is 0 Å². The number of nitrogen functional groups attached to an aromatic ring is 1. The lowest BCUT2D eigenvalue weighted by Crippen LogP contribution is -2.10. The average molecular weight is 226 g/mol. The van der Waals surface area contributed by atoms with E-state index >= 15 is 0 Å². The van der Waals surface area contributed by atoms with Crippen molar-refractivity contribution in [2.75, 3.05) is 5.73 Å². The van der Waals surface area contributed by atoms with Gasteiger partial charge < -0.3 is 5.73 Å². The third kappa shape index (κ3) is 2.64. The molecule has 0 aliphatic rings. The average Bonchev–Trinajstić information content (AvgIpc) is 2.28. The maximum absolute atomic E-state index is 5.71. The standard InChI is InChI=1S/C15H18N2/c1-15(2,3)12-7-4-6-11(10-12)13-8-5-9-14(16)17-13/h4-10H,1-3H3,(H2,16,17). The number of hydrogen-bond donors (Lipinski definition) is 1. The van der Waals surface area contributed by atoms with Crippen LogP contribution in [-0.2, 0) is 5.41 Å². The number of anilines is 1. The van der Waals surface area contributed by atoms with Crippen LogP contribution in [0.2, 0.25) is 0 Å². The summed E-state index contributed by atoms with van der Waals surface area (Å²) in [5, 5.41) is 0. The highest BCUT2D eigenvalue weighted by atomic mass is 14.8. The molecule has 0 saturated heterocycles. The lowest BCUT2D eigenvalue weighted by Gasteiger charge is -2.19. The Kier molecular flexibility index (Phi) is 2.88. The van der Waals surface area contributed by atoms with Crippen molar-refractivity contribution in [2.45, 2.75) is 26.2 Å². The van der Waals surface area contributed by atoms with Gasteiger partial charge in [-0.3, -0.25) is 0 Å². The van der Waals surface area contributed by atoms with Crippen LogP contribution < -0.4 is 5.73 Å². The number of hydrogen-bond acceptors (Lipinski definition) is 2.